The van der Waals surface area contributed by atoms with Gasteiger partial charge in [-0.1, -0.05) is 13.8 Å². The van der Waals surface area contributed by atoms with E-state index in [1.165, 1.54) is 6.07 Å². The number of carbonyl (C=O) groups is 1. The number of rotatable bonds is 7. The van der Waals surface area contributed by atoms with Gasteiger partial charge in [-0.3, -0.25) is 0 Å². The summed E-state index contributed by atoms with van der Waals surface area (Å²) in [6, 6.07) is 1.31. The average Bonchev–Trinajstić information content (AvgIpc) is 3.56. The molecule has 1 aromatic carbocycles. The van der Waals surface area contributed by atoms with Crippen LogP contribution in [-0.4, -0.2) is 57.6 Å². The maximum absolute atomic E-state index is 14.9. The van der Waals surface area contributed by atoms with Crippen LogP contribution in [0.4, 0.5) is 13.6 Å². The van der Waals surface area contributed by atoms with Crippen molar-refractivity contribution < 1.29 is 27.3 Å². The molecule has 2 heterocycles. The van der Waals surface area contributed by atoms with Gasteiger partial charge in [0.15, 0.2) is 17.4 Å². The molecule has 1 aliphatic carbocycles. The summed E-state index contributed by atoms with van der Waals surface area (Å²) in [5.41, 5.74) is 0.748. The summed E-state index contributed by atoms with van der Waals surface area (Å²) in [5, 5.41) is 0. The van der Waals surface area contributed by atoms with Crippen LogP contribution < -0.4 is 4.74 Å². The van der Waals surface area contributed by atoms with Crippen LogP contribution in [0.25, 0.3) is 0 Å². The molecule has 1 saturated carbocycles. The molecule has 1 saturated heterocycles. The summed E-state index contributed by atoms with van der Waals surface area (Å²) in [4.78, 5) is 14.0. The highest BCUT2D eigenvalue weighted by Crippen LogP contribution is 2.39. The van der Waals surface area contributed by atoms with Gasteiger partial charge in [0.1, 0.15) is 5.60 Å². The number of benzene rings is 1. The molecular formula is C25H38F2N2O4S. The van der Waals surface area contributed by atoms with Crippen molar-refractivity contribution in [3.8, 4) is 5.75 Å². The van der Waals surface area contributed by atoms with Gasteiger partial charge >= 0.3 is 6.09 Å². The van der Waals surface area contributed by atoms with Crippen LogP contribution in [-0.2, 0) is 28.7 Å². The predicted octanol–water partition coefficient (Wildman–Crippen LogP) is 5.20. The SMILES string of the molecule is CC.CS(=O)N1CCc2c(cc(F)c(OCCCC3CCN(C(=O)OC4(C)CC4)CC3)c2F)C1. The molecule has 0 N–H and O–H groups in total. The fraction of sp³-hybridized carbons (Fsp3) is 0.720. The number of carbonyl (C=O) groups excluding carboxylic acids is 1. The quantitative estimate of drug-likeness (QED) is 0.483. The highest BCUT2D eigenvalue weighted by atomic mass is 32.2. The summed E-state index contributed by atoms with van der Waals surface area (Å²) >= 11 is 0. The first-order valence-electron chi connectivity index (χ1n) is 12.4. The largest absolute Gasteiger partial charge is 0.488 e. The maximum Gasteiger partial charge on any atom is 0.410 e. The van der Waals surface area contributed by atoms with E-state index in [-0.39, 0.29) is 30.6 Å². The molecule has 4 rings (SSSR count). The van der Waals surface area contributed by atoms with E-state index in [1.54, 1.807) is 15.5 Å². The lowest BCUT2D eigenvalue weighted by Crippen LogP contribution is -2.40. The Kier molecular flexibility index (Phi) is 9.32. The van der Waals surface area contributed by atoms with E-state index in [4.69, 9.17) is 9.47 Å². The predicted molar refractivity (Wildman–Crippen MR) is 129 cm³/mol. The first-order chi connectivity index (χ1) is 16.3. The third-order valence-corrected chi connectivity index (χ3v) is 7.89. The molecule has 1 aromatic rings. The number of nitrogens with zero attached hydrogens (tertiary/aromatic N) is 2. The summed E-state index contributed by atoms with van der Waals surface area (Å²) in [7, 11) is -1.17. The van der Waals surface area contributed by atoms with E-state index in [0.717, 1.165) is 32.1 Å². The monoisotopic (exact) mass is 500 g/mol. The lowest BCUT2D eigenvalue weighted by atomic mass is 9.92. The molecule has 0 aromatic heterocycles. The van der Waals surface area contributed by atoms with Crippen molar-refractivity contribution >= 4 is 17.1 Å². The lowest BCUT2D eigenvalue weighted by molar-refractivity contribution is 0.0481. The van der Waals surface area contributed by atoms with Crippen LogP contribution >= 0.6 is 0 Å². The van der Waals surface area contributed by atoms with Crippen LogP contribution in [0.3, 0.4) is 0 Å². The molecule has 9 heteroatoms. The fourth-order valence-corrected chi connectivity index (χ4v) is 5.13. The molecule has 2 aliphatic heterocycles. The number of likely N-dealkylation sites (tertiary alicyclic amines) is 1. The van der Waals surface area contributed by atoms with E-state index < -0.39 is 22.6 Å². The minimum absolute atomic E-state index is 0.210. The van der Waals surface area contributed by atoms with Crippen molar-refractivity contribution in [1.29, 1.82) is 0 Å². The van der Waals surface area contributed by atoms with Crippen molar-refractivity contribution in [2.45, 2.75) is 77.9 Å². The van der Waals surface area contributed by atoms with Crippen LogP contribution in [0, 0.1) is 17.6 Å². The molecule has 3 aliphatic rings. The number of halogens is 2. The molecule has 1 amide bonds. The normalized spacial score (nSPS) is 20.6. The third-order valence-electron chi connectivity index (χ3n) is 6.85. The van der Waals surface area contributed by atoms with Crippen molar-refractivity contribution in [2.75, 3.05) is 32.5 Å². The second-order valence-corrected chi connectivity index (χ2v) is 10.8. The Morgan fingerprint density at radius 2 is 1.88 bits per heavy atom. The number of ether oxygens (including phenoxy) is 2. The number of hydrogen-bond acceptors (Lipinski definition) is 4. The summed E-state index contributed by atoms with van der Waals surface area (Å²) in [6.45, 7) is 8.34. The molecule has 6 nitrogen and oxygen atoms in total. The zero-order valence-electron chi connectivity index (χ0n) is 20.8. The summed E-state index contributed by atoms with van der Waals surface area (Å²) < 4.78 is 53.7. The molecule has 34 heavy (non-hydrogen) atoms. The van der Waals surface area contributed by atoms with Gasteiger partial charge in [0.05, 0.1) is 17.6 Å². The standard InChI is InChI=1S/C23H32F2N2O4S.C2H6/c1-23(8-9-23)31-22(28)26-10-5-16(6-11-26)4-3-13-30-21-19(24)14-17-15-27(32(2)29)12-7-18(17)20(21)25;1-2/h14,16H,3-13,15H2,1-2H3;1-2H3. The van der Waals surface area contributed by atoms with Crippen molar-refractivity contribution in [3.05, 3.63) is 28.8 Å². The minimum atomic E-state index is -1.17. The Hall–Kier alpha value is -1.74. The Morgan fingerprint density at radius 3 is 2.50 bits per heavy atom. The van der Waals surface area contributed by atoms with Crippen LogP contribution in [0.2, 0.25) is 0 Å². The second kappa shape index (κ2) is 11.8. The Bertz CT molecular complexity index is 886. The average molecular weight is 501 g/mol. The van der Waals surface area contributed by atoms with Crippen LogP contribution in [0.5, 0.6) is 5.75 Å². The first-order valence-corrected chi connectivity index (χ1v) is 14.0. The molecule has 0 radical (unpaired) electrons. The molecular weight excluding hydrogens is 462 g/mol. The van der Waals surface area contributed by atoms with Crippen molar-refractivity contribution in [3.63, 3.8) is 0 Å². The Labute approximate surface area is 204 Å². The molecule has 0 spiro atoms. The summed E-state index contributed by atoms with van der Waals surface area (Å²) in [5.74, 6) is -1.17. The highest BCUT2D eigenvalue weighted by molar-refractivity contribution is 7.81. The summed E-state index contributed by atoms with van der Waals surface area (Å²) in [6.07, 6.45) is 7.04. The minimum Gasteiger partial charge on any atom is -0.488 e. The molecule has 2 fully saturated rings. The van der Waals surface area contributed by atoms with Gasteiger partial charge in [0.25, 0.3) is 0 Å². The molecule has 0 bridgehead atoms. The zero-order chi connectivity index (χ0) is 24.9. The van der Waals surface area contributed by atoms with E-state index in [0.29, 0.717) is 49.5 Å². The van der Waals surface area contributed by atoms with Gasteiger partial charge in [-0.25, -0.2) is 22.1 Å². The molecule has 192 valence electrons. The van der Waals surface area contributed by atoms with Gasteiger partial charge in [-0.2, -0.15) is 0 Å². The van der Waals surface area contributed by atoms with Gasteiger partial charge < -0.3 is 14.4 Å². The highest BCUT2D eigenvalue weighted by Gasteiger charge is 2.43. The smallest absolute Gasteiger partial charge is 0.410 e. The van der Waals surface area contributed by atoms with Crippen LogP contribution in [0.15, 0.2) is 6.07 Å². The Morgan fingerprint density at radius 1 is 1.21 bits per heavy atom. The van der Waals surface area contributed by atoms with Gasteiger partial charge in [-0.05, 0) is 75.0 Å². The van der Waals surface area contributed by atoms with Gasteiger partial charge in [0, 0.05) is 32.4 Å². The number of fused-ring (bicyclic) bond motifs is 1. The van der Waals surface area contributed by atoms with Crippen molar-refractivity contribution in [1.82, 2.24) is 9.21 Å². The topological polar surface area (TPSA) is 59.1 Å². The first kappa shape index (κ1) is 26.9. The zero-order valence-corrected chi connectivity index (χ0v) is 21.6. The number of piperidine rings is 1. The van der Waals surface area contributed by atoms with E-state index in [1.807, 2.05) is 20.8 Å². The second-order valence-electron chi connectivity index (χ2n) is 9.42. The maximum atomic E-state index is 14.9. The molecule has 1 unspecified atom stereocenters. The van der Waals surface area contributed by atoms with Crippen LogP contribution in [0.1, 0.15) is 70.4 Å². The van der Waals surface area contributed by atoms with Gasteiger partial charge in [-0.15, -0.1) is 0 Å². The lowest BCUT2D eigenvalue weighted by Gasteiger charge is -2.32. The van der Waals surface area contributed by atoms with E-state index in [9.17, 15) is 17.8 Å². The number of amides is 1. The fourth-order valence-electron chi connectivity index (χ4n) is 4.46. The Balaban J connectivity index is 0.00000158. The van der Waals surface area contributed by atoms with E-state index >= 15 is 0 Å². The third kappa shape index (κ3) is 6.68. The number of hydrogen-bond donors (Lipinski definition) is 0. The van der Waals surface area contributed by atoms with Gasteiger partial charge in [0.2, 0.25) is 0 Å². The van der Waals surface area contributed by atoms with E-state index in [2.05, 4.69) is 0 Å². The molecule has 1 atom stereocenters. The van der Waals surface area contributed by atoms with Crippen molar-refractivity contribution in [2.24, 2.45) is 5.92 Å².